The van der Waals surface area contributed by atoms with E-state index in [0.717, 1.165) is 37.9 Å². The summed E-state index contributed by atoms with van der Waals surface area (Å²) >= 11 is 0. The van der Waals surface area contributed by atoms with Crippen LogP contribution in [-0.2, 0) is 6.18 Å². The van der Waals surface area contributed by atoms with E-state index in [1.807, 2.05) is 0 Å². The Labute approximate surface area is 111 Å². The molecule has 0 saturated heterocycles. The number of hydrogen-bond acceptors (Lipinski definition) is 2. The quantitative estimate of drug-likeness (QED) is 0.746. The number of aliphatic hydroxyl groups is 1. The van der Waals surface area contributed by atoms with E-state index in [0.29, 0.717) is 12.1 Å². The topological polar surface area (TPSA) is 32.3 Å². The van der Waals surface area contributed by atoms with E-state index < -0.39 is 17.8 Å². The van der Waals surface area contributed by atoms with Gasteiger partial charge in [-0.2, -0.15) is 13.2 Å². The van der Waals surface area contributed by atoms with Crippen LogP contribution in [0.3, 0.4) is 0 Å². The van der Waals surface area contributed by atoms with E-state index in [1.54, 1.807) is 0 Å². The number of alkyl halides is 3. The van der Waals surface area contributed by atoms with Crippen molar-refractivity contribution in [2.75, 3.05) is 13.1 Å². The van der Waals surface area contributed by atoms with Crippen molar-refractivity contribution in [1.82, 2.24) is 5.32 Å². The largest absolute Gasteiger partial charge is 0.416 e. The summed E-state index contributed by atoms with van der Waals surface area (Å²) in [5, 5.41) is 12.9. The highest BCUT2D eigenvalue weighted by Gasteiger charge is 2.30. The molecular weight excluding hydrogens is 255 g/mol. The molecule has 1 rings (SSSR count). The summed E-state index contributed by atoms with van der Waals surface area (Å²) in [4.78, 5) is 0. The van der Waals surface area contributed by atoms with Gasteiger partial charge in [0.2, 0.25) is 0 Å². The normalized spacial score (nSPS) is 13.5. The van der Waals surface area contributed by atoms with Crippen LogP contribution < -0.4 is 5.32 Å². The zero-order valence-corrected chi connectivity index (χ0v) is 11.0. The Morgan fingerprint density at radius 2 is 1.79 bits per heavy atom. The van der Waals surface area contributed by atoms with Gasteiger partial charge < -0.3 is 10.4 Å². The second-order valence-electron chi connectivity index (χ2n) is 4.55. The Kier molecular flexibility index (Phi) is 6.31. The number of rotatable bonds is 7. The Hall–Kier alpha value is -1.07. The Morgan fingerprint density at radius 1 is 1.16 bits per heavy atom. The molecule has 0 saturated carbocycles. The highest BCUT2D eigenvalue weighted by molar-refractivity contribution is 5.26. The fourth-order valence-corrected chi connectivity index (χ4v) is 1.75. The number of nitrogens with one attached hydrogen (secondary N) is 1. The van der Waals surface area contributed by atoms with Crippen molar-refractivity contribution in [1.29, 1.82) is 0 Å². The molecule has 1 aromatic carbocycles. The fourth-order valence-electron chi connectivity index (χ4n) is 1.75. The molecule has 0 fully saturated rings. The van der Waals surface area contributed by atoms with Gasteiger partial charge in [0.25, 0.3) is 0 Å². The molecule has 1 aromatic rings. The van der Waals surface area contributed by atoms with Crippen LogP contribution in [-0.4, -0.2) is 18.2 Å². The highest BCUT2D eigenvalue weighted by Crippen LogP contribution is 2.29. The first-order valence-electron chi connectivity index (χ1n) is 6.51. The maximum Gasteiger partial charge on any atom is 0.416 e. The predicted molar refractivity (Wildman–Crippen MR) is 68.8 cm³/mol. The molecule has 0 spiro atoms. The Balaban J connectivity index is 2.42. The van der Waals surface area contributed by atoms with E-state index in [4.69, 9.17) is 0 Å². The third-order valence-electron chi connectivity index (χ3n) is 2.92. The summed E-state index contributed by atoms with van der Waals surface area (Å²) in [6, 6.07) is 4.63. The van der Waals surface area contributed by atoms with Gasteiger partial charge in [-0.25, -0.2) is 0 Å². The van der Waals surface area contributed by atoms with Gasteiger partial charge in [-0.3, -0.25) is 0 Å². The standard InChI is InChI=1S/C14H20F3NO/c1-2-3-4-9-18-10-13(19)11-5-7-12(8-6-11)14(15,16)17/h5-8,13,18-19H,2-4,9-10H2,1H3. The van der Waals surface area contributed by atoms with E-state index in [2.05, 4.69) is 12.2 Å². The zero-order valence-electron chi connectivity index (χ0n) is 11.0. The van der Waals surface area contributed by atoms with Gasteiger partial charge >= 0.3 is 6.18 Å². The molecule has 1 atom stereocenters. The van der Waals surface area contributed by atoms with Crippen molar-refractivity contribution in [2.24, 2.45) is 0 Å². The van der Waals surface area contributed by atoms with E-state index in [1.165, 1.54) is 12.1 Å². The van der Waals surface area contributed by atoms with Crippen LogP contribution in [0.2, 0.25) is 0 Å². The lowest BCUT2D eigenvalue weighted by atomic mass is 10.1. The fraction of sp³-hybridized carbons (Fsp3) is 0.571. The predicted octanol–water partition coefficient (Wildman–Crippen LogP) is 3.52. The van der Waals surface area contributed by atoms with Gasteiger partial charge in [0.1, 0.15) is 0 Å². The van der Waals surface area contributed by atoms with Crippen molar-refractivity contribution < 1.29 is 18.3 Å². The molecule has 2 nitrogen and oxygen atoms in total. The van der Waals surface area contributed by atoms with Crippen LogP contribution in [0.5, 0.6) is 0 Å². The second-order valence-corrected chi connectivity index (χ2v) is 4.55. The van der Waals surface area contributed by atoms with E-state index in [9.17, 15) is 18.3 Å². The SMILES string of the molecule is CCCCCNCC(O)c1ccc(C(F)(F)F)cc1. The summed E-state index contributed by atoms with van der Waals surface area (Å²) < 4.78 is 37.1. The van der Waals surface area contributed by atoms with Crippen molar-refractivity contribution >= 4 is 0 Å². The van der Waals surface area contributed by atoms with Gasteiger partial charge in [0.15, 0.2) is 0 Å². The molecule has 2 N–H and O–H groups in total. The Morgan fingerprint density at radius 3 is 2.32 bits per heavy atom. The number of unbranched alkanes of at least 4 members (excludes halogenated alkanes) is 2. The Bertz CT molecular complexity index is 362. The zero-order chi connectivity index (χ0) is 14.3. The summed E-state index contributed by atoms with van der Waals surface area (Å²) in [6.45, 7) is 3.28. The molecule has 0 aliphatic carbocycles. The van der Waals surface area contributed by atoms with Crippen molar-refractivity contribution in [2.45, 2.75) is 38.5 Å². The molecule has 1 unspecified atom stereocenters. The number of halogens is 3. The van der Waals surface area contributed by atoms with Crippen LogP contribution in [0.15, 0.2) is 24.3 Å². The maximum atomic E-state index is 12.4. The van der Waals surface area contributed by atoms with E-state index in [-0.39, 0.29) is 0 Å². The third kappa shape index (κ3) is 5.61. The first-order valence-corrected chi connectivity index (χ1v) is 6.51. The van der Waals surface area contributed by atoms with Gasteiger partial charge in [-0.1, -0.05) is 31.9 Å². The van der Waals surface area contributed by atoms with Crippen LogP contribution in [0.1, 0.15) is 43.4 Å². The molecule has 108 valence electrons. The van der Waals surface area contributed by atoms with Gasteiger partial charge in [0.05, 0.1) is 11.7 Å². The molecule has 0 bridgehead atoms. The molecule has 0 heterocycles. The first-order chi connectivity index (χ1) is 8.95. The van der Waals surface area contributed by atoms with Crippen molar-refractivity contribution in [3.05, 3.63) is 35.4 Å². The lowest BCUT2D eigenvalue weighted by Gasteiger charge is -2.13. The summed E-state index contributed by atoms with van der Waals surface area (Å²) in [6.07, 6.45) is -1.81. The molecule has 0 radical (unpaired) electrons. The summed E-state index contributed by atoms with van der Waals surface area (Å²) in [5.74, 6) is 0. The van der Waals surface area contributed by atoms with Crippen molar-refractivity contribution in [3.63, 3.8) is 0 Å². The van der Waals surface area contributed by atoms with Crippen molar-refractivity contribution in [3.8, 4) is 0 Å². The number of hydrogen-bond donors (Lipinski definition) is 2. The van der Waals surface area contributed by atoms with Crippen LogP contribution >= 0.6 is 0 Å². The molecule has 0 aliphatic heterocycles. The molecule has 0 aromatic heterocycles. The minimum absolute atomic E-state index is 0.356. The van der Waals surface area contributed by atoms with Gasteiger partial charge in [-0.15, -0.1) is 0 Å². The lowest BCUT2D eigenvalue weighted by Crippen LogP contribution is -2.22. The van der Waals surface area contributed by atoms with Crippen LogP contribution in [0.25, 0.3) is 0 Å². The minimum atomic E-state index is -4.33. The summed E-state index contributed by atoms with van der Waals surface area (Å²) in [5.41, 5.74) is -0.199. The second kappa shape index (κ2) is 7.50. The van der Waals surface area contributed by atoms with Crippen LogP contribution in [0, 0.1) is 0 Å². The van der Waals surface area contributed by atoms with E-state index >= 15 is 0 Å². The monoisotopic (exact) mass is 275 g/mol. The molecule has 0 aliphatic rings. The first kappa shape index (κ1) is 16.0. The average Bonchev–Trinajstić information content (AvgIpc) is 2.37. The van der Waals surface area contributed by atoms with Gasteiger partial charge in [-0.05, 0) is 30.7 Å². The van der Waals surface area contributed by atoms with Gasteiger partial charge in [0, 0.05) is 6.54 Å². The lowest BCUT2D eigenvalue weighted by molar-refractivity contribution is -0.137. The van der Waals surface area contributed by atoms with Crippen LogP contribution in [0.4, 0.5) is 13.2 Å². The minimum Gasteiger partial charge on any atom is -0.387 e. The number of aliphatic hydroxyl groups excluding tert-OH is 1. The average molecular weight is 275 g/mol. The molecular formula is C14H20F3NO. The maximum absolute atomic E-state index is 12.4. The summed E-state index contributed by atoms with van der Waals surface area (Å²) in [7, 11) is 0. The molecule has 19 heavy (non-hydrogen) atoms. The molecule has 0 amide bonds. The third-order valence-corrected chi connectivity index (χ3v) is 2.92. The highest BCUT2D eigenvalue weighted by atomic mass is 19.4. The number of benzene rings is 1. The smallest absolute Gasteiger partial charge is 0.387 e. The molecule has 5 heteroatoms.